The summed E-state index contributed by atoms with van der Waals surface area (Å²) in [5, 5.41) is 4.03. The first-order valence-corrected chi connectivity index (χ1v) is 9.82. The Morgan fingerprint density at radius 2 is 2.12 bits per heavy atom. The minimum Gasteiger partial charge on any atom is -0.356 e. The molecule has 1 aliphatic rings. The van der Waals surface area contributed by atoms with Crippen LogP contribution in [0.4, 0.5) is 4.39 Å². The highest BCUT2D eigenvalue weighted by atomic mass is 79.9. The van der Waals surface area contributed by atoms with Gasteiger partial charge in [0.25, 0.3) is 0 Å². The summed E-state index contributed by atoms with van der Waals surface area (Å²) >= 11 is 3.10. The van der Waals surface area contributed by atoms with E-state index in [-0.39, 0.29) is 15.7 Å². The highest BCUT2D eigenvalue weighted by Gasteiger charge is 2.47. The second-order valence-corrected chi connectivity index (χ2v) is 9.90. The van der Waals surface area contributed by atoms with Gasteiger partial charge in [-0.05, 0) is 42.8 Å². The highest BCUT2D eigenvalue weighted by Crippen LogP contribution is 2.39. The summed E-state index contributed by atoms with van der Waals surface area (Å²) in [5.41, 5.74) is -0.0718. The van der Waals surface area contributed by atoms with E-state index in [1.807, 2.05) is 13.8 Å². The van der Waals surface area contributed by atoms with Crippen LogP contribution in [0.2, 0.25) is 0 Å². The number of rotatable bonds is 3. The van der Waals surface area contributed by atoms with Crippen LogP contribution in [0, 0.1) is 5.82 Å². The van der Waals surface area contributed by atoms with Crippen LogP contribution in [0.15, 0.2) is 21.1 Å². The molecule has 2 unspecified atom stereocenters. The average Bonchev–Trinajstić information content (AvgIpc) is 2.98. The molecule has 1 aromatic heterocycles. The molecule has 0 spiro atoms. The predicted molar refractivity (Wildman–Crippen MR) is 90.3 cm³/mol. The van der Waals surface area contributed by atoms with Gasteiger partial charge in [-0.15, -0.1) is 0 Å². The number of hydroxylamine groups is 2. The monoisotopic (exact) mass is 420 g/mol. The molecule has 6 nitrogen and oxygen atoms in total. The van der Waals surface area contributed by atoms with Gasteiger partial charge in [0.2, 0.25) is 0 Å². The van der Waals surface area contributed by atoms with Crippen LogP contribution < -0.4 is 0 Å². The lowest BCUT2D eigenvalue weighted by Gasteiger charge is -2.21. The molecule has 3 rings (SSSR count). The van der Waals surface area contributed by atoms with E-state index in [4.69, 9.17) is 9.36 Å². The predicted octanol–water partition coefficient (Wildman–Crippen LogP) is 3.58. The molecule has 0 radical (unpaired) electrons. The van der Waals surface area contributed by atoms with E-state index < -0.39 is 31.9 Å². The van der Waals surface area contributed by atoms with E-state index in [2.05, 4.69) is 21.1 Å². The minimum atomic E-state index is -3.63. The number of fused-ring (bicyclic) bond motifs is 1. The lowest BCUT2D eigenvalue weighted by atomic mass is 10.1. The molecule has 1 aromatic carbocycles. The highest BCUT2D eigenvalue weighted by molar-refractivity contribution is 9.10. The van der Waals surface area contributed by atoms with E-state index in [0.29, 0.717) is 11.8 Å². The van der Waals surface area contributed by atoms with Crippen molar-refractivity contribution in [1.29, 1.82) is 0 Å². The number of hydrogen-bond acceptors (Lipinski definition) is 6. The summed E-state index contributed by atoms with van der Waals surface area (Å²) < 4.78 is 45.0. The zero-order chi connectivity index (χ0) is 17.9. The first-order chi connectivity index (χ1) is 11.0. The molecule has 1 saturated heterocycles. The van der Waals surface area contributed by atoms with Crippen molar-refractivity contribution in [1.82, 2.24) is 10.2 Å². The van der Waals surface area contributed by atoms with E-state index in [1.54, 1.807) is 14.0 Å². The van der Waals surface area contributed by atoms with Gasteiger partial charge in [0.15, 0.2) is 15.4 Å². The van der Waals surface area contributed by atoms with Crippen molar-refractivity contribution in [2.24, 2.45) is 0 Å². The molecule has 0 amide bonds. The lowest BCUT2D eigenvalue weighted by Crippen LogP contribution is -2.34. The van der Waals surface area contributed by atoms with Crippen LogP contribution >= 0.6 is 15.9 Å². The largest absolute Gasteiger partial charge is 0.356 e. The van der Waals surface area contributed by atoms with Crippen molar-refractivity contribution < 1.29 is 22.2 Å². The fourth-order valence-electron chi connectivity index (χ4n) is 2.99. The molecule has 1 fully saturated rings. The Bertz CT molecular complexity index is 896. The Balaban J connectivity index is 2.02. The number of hydrogen-bond donors (Lipinski definition) is 0. The molecule has 0 saturated carbocycles. The topological polar surface area (TPSA) is 72.6 Å². The van der Waals surface area contributed by atoms with Gasteiger partial charge in [0, 0.05) is 24.9 Å². The fraction of sp³-hybridized carbons (Fsp3) is 0.533. The van der Waals surface area contributed by atoms with Gasteiger partial charge in [0.1, 0.15) is 22.1 Å². The Morgan fingerprint density at radius 3 is 2.71 bits per heavy atom. The smallest absolute Gasteiger partial charge is 0.177 e. The molecule has 0 aliphatic carbocycles. The van der Waals surface area contributed by atoms with Gasteiger partial charge >= 0.3 is 0 Å². The molecular weight excluding hydrogens is 403 g/mol. The number of sulfone groups is 1. The standard InChI is InChI=1S/C15H18BrFN2O4S/c1-8(24(20,21)13-7-15(2,3)23-19(13)4)14-9-5-10(16)11(17)6-12(9)22-18-14/h5-6,8,13H,7H2,1-4H3. The third-order valence-electron chi connectivity index (χ3n) is 4.26. The maximum absolute atomic E-state index is 13.6. The van der Waals surface area contributed by atoms with E-state index in [0.717, 1.165) is 0 Å². The van der Waals surface area contributed by atoms with Crippen LogP contribution in [0.5, 0.6) is 0 Å². The summed E-state index contributed by atoms with van der Waals surface area (Å²) in [7, 11) is -2.02. The second kappa shape index (κ2) is 5.76. The van der Waals surface area contributed by atoms with Gasteiger partial charge in [-0.3, -0.25) is 4.84 Å². The summed E-state index contributed by atoms with van der Waals surface area (Å²) in [6.07, 6.45) is 0.351. The summed E-state index contributed by atoms with van der Waals surface area (Å²) in [6.45, 7) is 5.24. The Hall–Kier alpha value is -1.03. The van der Waals surface area contributed by atoms with Gasteiger partial charge in [-0.2, -0.15) is 5.06 Å². The van der Waals surface area contributed by atoms with Crippen molar-refractivity contribution in [2.45, 2.75) is 43.4 Å². The second-order valence-electron chi connectivity index (χ2n) is 6.62. The fourth-order valence-corrected chi connectivity index (χ4v) is 5.38. The van der Waals surface area contributed by atoms with Crippen molar-refractivity contribution in [3.8, 4) is 0 Å². The van der Waals surface area contributed by atoms with Crippen LogP contribution in [-0.4, -0.2) is 36.7 Å². The molecule has 24 heavy (non-hydrogen) atoms. The molecule has 2 atom stereocenters. The molecule has 1 aliphatic heterocycles. The number of benzene rings is 1. The number of aromatic nitrogens is 1. The van der Waals surface area contributed by atoms with Crippen molar-refractivity contribution in [3.05, 3.63) is 28.1 Å². The zero-order valence-corrected chi connectivity index (χ0v) is 16.1. The SMILES string of the molecule is CC(c1noc2cc(F)c(Br)cc12)S(=O)(=O)C1CC(C)(C)ON1C. The summed E-state index contributed by atoms with van der Waals surface area (Å²) in [5.74, 6) is -0.494. The van der Waals surface area contributed by atoms with Crippen molar-refractivity contribution >= 4 is 36.7 Å². The summed E-state index contributed by atoms with van der Waals surface area (Å²) in [4.78, 5) is 5.59. The summed E-state index contributed by atoms with van der Waals surface area (Å²) in [6, 6.07) is 2.67. The lowest BCUT2D eigenvalue weighted by molar-refractivity contribution is -0.168. The Kier molecular flexibility index (Phi) is 4.26. The van der Waals surface area contributed by atoms with Gasteiger partial charge in [-0.25, -0.2) is 12.8 Å². The zero-order valence-electron chi connectivity index (χ0n) is 13.7. The Morgan fingerprint density at radius 1 is 1.46 bits per heavy atom. The first-order valence-electron chi connectivity index (χ1n) is 7.42. The quantitative estimate of drug-likeness (QED) is 0.755. The first kappa shape index (κ1) is 17.8. The van der Waals surface area contributed by atoms with Crippen LogP contribution in [-0.2, 0) is 14.7 Å². The third-order valence-corrected chi connectivity index (χ3v) is 7.30. The average molecular weight is 421 g/mol. The normalized spacial score (nSPS) is 23.0. The molecule has 2 heterocycles. The van der Waals surface area contributed by atoms with Crippen molar-refractivity contribution in [2.75, 3.05) is 7.05 Å². The van der Waals surface area contributed by atoms with E-state index >= 15 is 0 Å². The number of nitrogens with zero attached hydrogens (tertiary/aromatic N) is 2. The van der Waals surface area contributed by atoms with Crippen LogP contribution in [0.1, 0.15) is 38.1 Å². The molecule has 9 heteroatoms. The molecule has 0 bridgehead atoms. The van der Waals surface area contributed by atoms with Crippen LogP contribution in [0.3, 0.4) is 0 Å². The maximum Gasteiger partial charge on any atom is 0.177 e. The molecular formula is C15H18BrFN2O4S. The third kappa shape index (κ3) is 2.87. The Labute approximate surface area is 147 Å². The van der Waals surface area contributed by atoms with Crippen molar-refractivity contribution in [3.63, 3.8) is 0 Å². The molecule has 132 valence electrons. The molecule has 0 N–H and O–H groups in total. The van der Waals surface area contributed by atoms with Gasteiger partial charge in [0.05, 0.1) is 10.1 Å². The minimum absolute atomic E-state index is 0.212. The van der Waals surface area contributed by atoms with Crippen LogP contribution in [0.25, 0.3) is 11.0 Å². The molecule has 2 aromatic rings. The van der Waals surface area contributed by atoms with Gasteiger partial charge in [-0.1, -0.05) is 5.16 Å². The maximum atomic E-state index is 13.6. The van der Waals surface area contributed by atoms with Gasteiger partial charge < -0.3 is 4.52 Å². The number of halogens is 2. The van der Waals surface area contributed by atoms with E-state index in [1.165, 1.54) is 17.2 Å². The van der Waals surface area contributed by atoms with E-state index in [9.17, 15) is 12.8 Å².